The topological polar surface area (TPSA) is 65.4 Å². The molecule has 1 aliphatic rings. The van der Waals surface area contributed by atoms with Crippen molar-refractivity contribution in [2.45, 2.75) is 25.8 Å². The summed E-state index contributed by atoms with van der Waals surface area (Å²) in [6.45, 7) is 2.15. The highest BCUT2D eigenvalue weighted by Crippen LogP contribution is 2.35. The van der Waals surface area contributed by atoms with Crippen molar-refractivity contribution in [3.05, 3.63) is 83.9 Å². The first-order valence-electron chi connectivity index (χ1n) is 10.5. The summed E-state index contributed by atoms with van der Waals surface area (Å²) < 4.78 is 26.1. The van der Waals surface area contributed by atoms with Crippen LogP contribution in [-0.2, 0) is 11.2 Å². The summed E-state index contributed by atoms with van der Waals surface area (Å²) in [5, 5.41) is 3.00. The zero-order valence-corrected chi connectivity index (χ0v) is 17.5. The number of para-hydroxylation sites is 2. The average Bonchev–Trinajstić information content (AvgIpc) is 3.40. The van der Waals surface area contributed by atoms with Gasteiger partial charge in [-0.3, -0.25) is 4.79 Å². The van der Waals surface area contributed by atoms with E-state index >= 15 is 0 Å². The molecule has 2 heterocycles. The Morgan fingerprint density at radius 3 is 2.69 bits per heavy atom. The van der Waals surface area contributed by atoms with E-state index in [0.29, 0.717) is 30.0 Å². The molecule has 0 saturated heterocycles. The fourth-order valence-corrected chi connectivity index (χ4v) is 4.04. The van der Waals surface area contributed by atoms with Gasteiger partial charge in [0.15, 0.2) is 11.5 Å². The number of rotatable bonds is 6. The number of anilines is 1. The van der Waals surface area contributed by atoms with E-state index < -0.39 is 6.04 Å². The molecule has 1 aliphatic heterocycles. The zero-order chi connectivity index (χ0) is 22.1. The smallest absolute Gasteiger partial charge is 0.247 e. The lowest BCUT2D eigenvalue weighted by atomic mass is 10.1. The molecule has 32 heavy (non-hydrogen) atoms. The van der Waals surface area contributed by atoms with Crippen molar-refractivity contribution < 1.29 is 18.7 Å². The normalized spacial score (nSPS) is 13.3. The van der Waals surface area contributed by atoms with Gasteiger partial charge in [-0.15, -0.1) is 0 Å². The number of carbonyl (C=O) groups is 1. The number of halogens is 1. The molecule has 5 rings (SSSR count). The highest BCUT2D eigenvalue weighted by Gasteiger charge is 2.25. The quantitative estimate of drug-likeness (QED) is 0.462. The molecule has 1 amide bonds. The van der Waals surface area contributed by atoms with Crippen LogP contribution < -0.4 is 14.8 Å². The number of amides is 1. The monoisotopic (exact) mass is 431 g/mol. The predicted molar refractivity (Wildman–Crippen MR) is 119 cm³/mol. The van der Waals surface area contributed by atoms with Gasteiger partial charge in [-0.1, -0.05) is 31.2 Å². The van der Waals surface area contributed by atoms with Crippen LogP contribution in [0.4, 0.5) is 10.1 Å². The molecule has 1 atom stereocenters. The number of ether oxygens (including phenoxy) is 2. The van der Waals surface area contributed by atoms with Crippen molar-refractivity contribution in [2.75, 3.05) is 12.1 Å². The zero-order valence-electron chi connectivity index (χ0n) is 17.5. The molecule has 4 aromatic rings. The fourth-order valence-electron chi connectivity index (χ4n) is 4.04. The molecule has 1 N–H and O–H groups in total. The first-order valence-corrected chi connectivity index (χ1v) is 10.5. The van der Waals surface area contributed by atoms with Gasteiger partial charge in [0.25, 0.3) is 0 Å². The van der Waals surface area contributed by atoms with Gasteiger partial charge < -0.3 is 19.4 Å². The van der Waals surface area contributed by atoms with Crippen molar-refractivity contribution >= 4 is 22.6 Å². The van der Waals surface area contributed by atoms with Crippen LogP contribution >= 0.6 is 0 Å². The molecule has 1 aromatic heterocycles. The number of carbonyl (C=O) groups excluding carboxylic acids is 1. The van der Waals surface area contributed by atoms with Crippen molar-refractivity contribution in [3.63, 3.8) is 0 Å². The van der Waals surface area contributed by atoms with Crippen molar-refractivity contribution in [3.8, 4) is 11.5 Å². The van der Waals surface area contributed by atoms with Gasteiger partial charge >= 0.3 is 0 Å². The van der Waals surface area contributed by atoms with Crippen LogP contribution in [0.5, 0.6) is 11.5 Å². The van der Waals surface area contributed by atoms with Crippen LogP contribution in [0.3, 0.4) is 0 Å². The summed E-state index contributed by atoms with van der Waals surface area (Å²) in [6, 6.07) is 19.0. The maximum atomic E-state index is 13.4. The van der Waals surface area contributed by atoms with Crippen molar-refractivity contribution in [2.24, 2.45) is 0 Å². The van der Waals surface area contributed by atoms with E-state index in [1.165, 1.54) is 12.1 Å². The van der Waals surface area contributed by atoms with Crippen LogP contribution in [0, 0.1) is 5.82 Å². The van der Waals surface area contributed by atoms with Crippen LogP contribution in [0.1, 0.15) is 30.8 Å². The van der Waals surface area contributed by atoms with Gasteiger partial charge in [0, 0.05) is 18.2 Å². The number of benzene rings is 3. The SMILES string of the molecule is CCC(C(=O)Nc1ccc2c(c1)OCO2)n1c(Cc2ccc(F)cc2)nc2ccccc21. The summed E-state index contributed by atoms with van der Waals surface area (Å²) >= 11 is 0. The number of imidazole rings is 1. The second-order valence-corrected chi connectivity index (χ2v) is 7.67. The van der Waals surface area contributed by atoms with Crippen LogP contribution in [0.2, 0.25) is 0 Å². The lowest BCUT2D eigenvalue weighted by molar-refractivity contribution is -0.119. The lowest BCUT2D eigenvalue weighted by Gasteiger charge is -2.20. The third-order valence-corrected chi connectivity index (χ3v) is 5.59. The summed E-state index contributed by atoms with van der Waals surface area (Å²) in [7, 11) is 0. The minimum Gasteiger partial charge on any atom is -0.454 e. The van der Waals surface area contributed by atoms with E-state index in [2.05, 4.69) is 5.32 Å². The summed E-state index contributed by atoms with van der Waals surface area (Å²) in [4.78, 5) is 18.1. The van der Waals surface area contributed by atoms with Gasteiger partial charge in [-0.2, -0.15) is 0 Å². The van der Waals surface area contributed by atoms with Gasteiger partial charge in [0.2, 0.25) is 12.7 Å². The Hall–Kier alpha value is -3.87. The molecule has 3 aromatic carbocycles. The van der Waals surface area contributed by atoms with E-state index in [9.17, 15) is 9.18 Å². The Morgan fingerprint density at radius 2 is 1.88 bits per heavy atom. The Balaban J connectivity index is 1.49. The molecule has 0 saturated carbocycles. The highest BCUT2D eigenvalue weighted by molar-refractivity contribution is 5.95. The molecule has 7 heteroatoms. The molecular weight excluding hydrogens is 409 g/mol. The number of nitrogens with one attached hydrogen (secondary N) is 1. The lowest BCUT2D eigenvalue weighted by Crippen LogP contribution is -2.27. The molecule has 1 unspecified atom stereocenters. The Kier molecular flexibility index (Phi) is 5.23. The standard InChI is InChI=1S/C25H22FN3O3/c1-2-20(25(30)27-18-11-12-22-23(14-18)32-15-31-22)29-21-6-4-3-5-19(21)28-24(29)13-16-7-9-17(26)10-8-16/h3-12,14,20H,2,13,15H2,1H3,(H,27,30). The Morgan fingerprint density at radius 1 is 1.09 bits per heavy atom. The fraction of sp³-hybridized carbons (Fsp3) is 0.200. The van der Waals surface area contributed by atoms with E-state index in [1.807, 2.05) is 35.8 Å². The van der Waals surface area contributed by atoms with Gasteiger partial charge in [0.05, 0.1) is 11.0 Å². The number of fused-ring (bicyclic) bond motifs is 2. The molecule has 0 aliphatic carbocycles. The second kappa shape index (κ2) is 8.34. The number of hydrogen-bond acceptors (Lipinski definition) is 4. The maximum Gasteiger partial charge on any atom is 0.247 e. The van der Waals surface area contributed by atoms with E-state index in [0.717, 1.165) is 22.4 Å². The molecular formula is C25H22FN3O3. The third-order valence-electron chi connectivity index (χ3n) is 5.59. The van der Waals surface area contributed by atoms with Crippen LogP contribution in [-0.4, -0.2) is 22.3 Å². The Bertz CT molecular complexity index is 1280. The predicted octanol–water partition coefficient (Wildman–Crippen LogP) is 5.08. The molecule has 0 radical (unpaired) electrons. The second-order valence-electron chi connectivity index (χ2n) is 7.67. The van der Waals surface area contributed by atoms with Crippen molar-refractivity contribution in [1.82, 2.24) is 9.55 Å². The van der Waals surface area contributed by atoms with Gasteiger partial charge in [0.1, 0.15) is 17.7 Å². The molecule has 0 fully saturated rings. The minimum atomic E-state index is -0.469. The first kappa shape index (κ1) is 20.1. The summed E-state index contributed by atoms with van der Waals surface area (Å²) in [6.07, 6.45) is 1.07. The van der Waals surface area contributed by atoms with Gasteiger partial charge in [-0.25, -0.2) is 9.37 Å². The maximum absolute atomic E-state index is 13.4. The Labute approximate surface area is 184 Å². The number of aromatic nitrogens is 2. The van der Waals surface area contributed by atoms with E-state index in [1.54, 1.807) is 30.3 Å². The molecule has 6 nitrogen and oxygen atoms in total. The van der Waals surface area contributed by atoms with E-state index in [4.69, 9.17) is 14.5 Å². The summed E-state index contributed by atoms with van der Waals surface area (Å²) in [5.41, 5.74) is 3.27. The van der Waals surface area contributed by atoms with Gasteiger partial charge in [-0.05, 0) is 48.4 Å². The molecule has 0 bridgehead atoms. The van der Waals surface area contributed by atoms with E-state index in [-0.39, 0.29) is 18.5 Å². The highest BCUT2D eigenvalue weighted by atomic mass is 19.1. The molecule has 162 valence electrons. The molecule has 0 spiro atoms. The third kappa shape index (κ3) is 3.77. The van der Waals surface area contributed by atoms with Crippen LogP contribution in [0.15, 0.2) is 66.7 Å². The average molecular weight is 431 g/mol. The van der Waals surface area contributed by atoms with Crippen LogP contribution in [0.25, 0.3) is 11.0 Å². The summed E-state index contributed by atoms with van der Waals surface area (Å²) in [5.74, 6) is 1.61. The van der Waals surface area contributed by atoms with Crippen molar-refractivity contribution in [1.29, 1.82) is 0 Å². The number of nitrogens with zero attached hydrogens (tertiary/aromatic N) is 2. The largest absolute Gasteiger partial charge is 0.454 e. The first-order chi connectivity index (χ1) is 15.6. The minimum absolute atomic E-state index is 0.144. The number of hydrogen-bond donors (Lipinski definition) is 1.